The second kappa shape index (κ2) is 4.97. The number of aromatic nitrogens is 1. The molecule has 2 N–H and O–H groups in total. The lowest BCUT2D eigenvalue weighted by atomic mass is 9.99. The van der Waals surface area contributed by atoms with Gasteiger partial charge in [0.15, 0.2) is 0 Å². The Bertz CT molecular complexity index is 231. The number of rotatable bonds is 4. The van der Waals surface area contributed by atoms with E-state index in [0.717, 1.165) is 12.8 Å². The van der Waals surface area contributed by atoms with E-state index in [1.807, 2.05) is 24.5 Å². The highest BCUT2D eigenvalue weighted by molar-refractivity contribution is 5.11. The van der Waals surface area contributed by atoms with Gasteiger partial charge in [-0.15, -0.1) is 0 Å². The average Bonchev–Trinajstić information content (AvgIpc) is 2.04. The summed E-state index contributed by atoms with van der Waals surface area (Å²) >= 11 is 0. The lowest BCUT2D eigenvalue weighted by molar-refractivity contribution is 0.493. The zero-order valence-corrected chi connectivity index (χ0v) is 8.40. The van der Waals surface area contributed by atoms with Gasteiger partial charge in [-0.3, -0.25) is 4.98 Å². The Morgan fingerprint density at radius 3 is 2.46 bits per heavy atom. The molecule has 1 rings (SSSR count). The van der Waals surface area contributed by atoms with Gasteiger partial charge < -0.3 is 5.73 Å². The van der Waals surface area contributed by atoms with E-state index in [9.17, 15) is 0 Å². The summed E-state index contributed by atoms with van der Waals surface area (Å²) in [6.07, 6.45) is 5.68. The molecule has 0 amide bonds. The molecular weight excluding hydrogens is 160 g/mol. The first-order chi connectivity index (χ1) is 6.18. The van der Waals surface area contributed by atoms with Crippen molar-refractivity contribution in [2.24, 2.45) is 11.7 Å². The summed E-state index contributed by atoms with van der Waals surface area (Å²) in [5, 5.41) is 0. The van der Waals surface area contributed by atoms with Crippen LogP contribution in [-0.2, 0) is 6.42 Å². The minimum Gasteiger partial charge on any atom is -0.327 e. The fourth-order valence-electron chi connectivity index (χ4n) is 1.51. The molecule has 0 saturated carbocycles. The van der Waals surface area contributed by atoms with Crippen LogP contribution in [0.5, 0.6) is 0 Å². The zero-order chi connectivity index (χ0) is 9.68. The molecule has 1 heterocycles. The van der Waals surface area contributed by atoms with Crippen LogP contribution in [0.1, 0.15) is 25.8 Å². The molecule has 0 radical (unpaired) electrons. The first-order valence-corrected chi connectivity index (χ1v) is 4.83. The third kappa shape index (κ3) is 4.04. The standard InChI is InChI=1S/C11H18N2/c1-9(2)7-11(12)8-10-3-5-13-6-4-10/h3-6,9,11H,7-8,12H2,1-2H3. The van der Waals surface area contributed by atoms with Gasteiger partial charge >= 0.3 is 0 Å². The molecular formula is C11H18N2. The van der Waals surface area contributed by atoms with E-state index in [2.05, 4.69) is 18.8 Å². The van der Waals surface area contributed by atoms with Gasteiger partial charge in [0.2, 0.25) is 0 Å². The van der Waals surface area contributed by atoms with Crippen LogP contribution in [0.4, 0.5) is 0 Å². The van der Waals surface area contributed by atoms with Crippen molar-refractivity contribution in [3.05, 3.63) is 30.1 Å². The number of hydrogen-bond donors (Lipinski definition) is 1. The molecule has 0 aliphatic rings. The lowest BCUT2D eigenvalue weighted by Crippen LogP contribution is -2.24. The van der Waals surface area contributed by atoms with Crippen LogP contribution in [-0.4, -0.2) is 11.0 Å². The van der Waals surface area contributed by atoms with E-state index in [1.165, 1.54) is 5.56 Å². The quantitative estimate of drug-likeness (QED) is 0.766. The van der Waals surface area contributed by atoms with Crippen molar-refractivity contribution < 1.29 is 0 Å². The minimum absolute atomic E-state index is 0.280. The van der Waals surface area contributed by atoms with Gasteiger partial charge in [-0.25, -0.2) is 0 Å². The maximum absolute atomic E-state index is 5.99. The molecule has 0 bridgehead atoms. The second-order valence-electron chi connectivity index (χ2n) is 3.95. The largest absolute Gasteiger partial charge is 0.327 e. The molecule has 1 unspecified atom stereocenters. The Hall–Kier alpha value is -0.890. The first-order valence-electron chi connectivity index (χ1n) is 4.83. The molecule has 1 atom stereocenters. The molecule has 0 aliphatic carbocycles. The van der Waals surface area contributed by atoms with Gasteiger partial charge in [-0.1, -0.05) is 13.8 Å². The fraction of sp³-hybridized carbons (Fsp3) is 0.545. The van der Waals surface area contributed by atoms with Crippen LogP contribution in [0, 0.1) is 5.92 Å². The van der Waals surface area contributed by atoms with E-state index >= 15 is 0 Å². The SMILES string of the molecule is CC(C)CC(N)Cc1ccncc1. The molecule has 1 aromatic rings. The van der Waals surface area contributed by atoms with Crippen LogP contribution < -0.4 is 5.73 Å². The molecule has 0 fully saturated rings. The smallest absolute Gasteiger partial charge is 0.0270 e. The molecule has 0 aromatic carbocycles. The number of nitrogens with zero attached hydrogens (tertiary/aromatic N) is 1. The van der Waals surface area contributed by atoms with Crippen LogP contribution >= 0.6 is 0 Å². The number of pyridine rings is 1. The Labute approximate surface area is 80.2 Å². The molecule has 2 nitrogen and oxygen atoms in total. The molecule has 72 valence electrons. The lowest BCUT2D eigenvalue weighted by Gasteiger charge is -2.13. The predicted molar refractivity (Wildman–Crippen MR) is 55.4 cm³/mol. The monoisotopic (exact) mass is 178 g/mol. The maximum atomic E-state index is 5.99. The van der Waals surface area contributed by atoms with Crippen LogP contribution in [0.25, 0.3) is 0 Å². The van der Waals surface area contributed by atoms with Crippen molar-refractivity contribution in [3.8, 4) is 0 Å². The summed E-state index contributed by atoms with van der Waals surface area (Å²) in [6, 6.07) is 4.34. The fourth-order valence-corrected chi connectivity index (χ4v) is 1.51. The third-order valence-corrected chi connectivity index (χ3v) is 2.02. The molecule has 2 heteroatoms. The number of hydrogen-bond acceptors (Lipinski definition) is 2. The summed E-state index contributed by atoms with van der Waals surface area (Å²) in [5.41, 5.74) is 7.27. The number of nitrogens with two attached hydrogens (primary N) is 1. The average molecular weight is 178 g/mol. The summed E-state index contributed by atoms with van der Waals surface area (Å²) < 4.78 is 0. The van der Waals surface area contributed by atoms with Crippen molar-refractivity contribution in [1.29, 1.82) is 0 Å². The highest BCUT2D eigenvalue weighted by Crippen LogP contribution is 2.08. The molecule has 0 saturated heterocycles. The Balaban J connectivity index is 2.41. The highest BCUT2D eigenvalue weighted by Gasteiger charge is 2.05. The van der Waals surface area contributed by atoms with E-state index in [0.29, 0.717) is 5.92 Å². The Morgan fingerprint density at radius 2 is 1.92 bits per heavy atom. The molecule has 0 spiro atoms. The van der Waals surface area contributed by atoms with Gasteiger partial charge in [-0.05, 0) is 36.5 Å². The predicted octanol–water partition coefficient (Wildman–Crippen LogP) is 2.00. The molecule has 13 heavy (non-hydrogen) atoms. The third-order valence-electron chi connectivity index (χ3n) is 2.02. The minimum atomic E-state index is 0.280. The Kier molecular flexibility index (Phi) is 3.90. The second-order valence-corrected chi connectivity index (χ2v) is 3.95. The van der Waals surface area contributed by atoms with E-state index in [-0.39, 0.29) is 6.04 Å². The topological polar surface area (TPSA) is 38.9 Å². The van der Waals surface area contributed by atoms with Crippen LogP contribution in [0.15, 0.2) is 24.5 Å². The van der Waals surface area contributed by atoms with E-state index in [1.54, 1.807) is 0 Å². The van der Waals surface area contributed by atoms with Gasteiger partial charge in [0.25, 0.3) is 0 Å². The van der Waals surface area contributed by atoms with Gasteiger partial charge in [0, 0.05) is 18.4 Å². The summed E-state index contributed by atoms with van der Waals surface area (Å²) in [5.74, 6) is 0.678. The summed E-state index contributed by atoms with van der Waals surface area (Å²) in [7, 11) is 0. The van der Waals surface area contributed by atoms with Crippen molar-refractivity contribution in [2.45, 2.75) is 32.7 Å². The van der Waals surface area contributed by atoms with Crippen molar-refractivity contribution in [3.63, 3.8) is 0 Å². The Morgan fingerprint density at radius 1 is 1.31 bits per heavy atom. The molecule has 1 aromatic heterocycles. The van der Waals surface area contributed by atoms with E-state index in [4.69, 9.17) is 5.73 Å². The zero-order valence-electron chi connectivity index (χ0n) is 8.40. The van der Waals surface area contributed by atoms with Crippen LogP contribution in [0.2, 0.25) is 0 Å². The normalized spacial score (nSPS) is 13.2. The highest BCUT2D eigenvalue weighted by atomic mass is 14.6. The first kappa shape index (κ1) is 10.2. The van der Waals surface area contributed by atoms with Gasteiger partial charge in [0.1, 0.15) is 0 Å². The summed E-state index contributed by atoms with van der Waals surface area (Å²) in [4.78, 5) is 3.97. The van der Waals surface area contributed by atoms with Crippen molar-refractivity contribution >= 4 is 0 Å². The van der Waals surface area contributed by atoms with Gasteiger partial charge in [0.05, 0.1) is 0 Å². The molecule has 0 aliphatic heterocycles. The maximum Gasteiger partial charge on any atom is 0.0270 e. The van der Waals surface area contributed by atoms with Gasteiger partial charge in [-0.2, -0.15) is 0 Å². The van der Waals surface area contributed by atoms with Crippen LogP contribution in [0.3, 0.4) is 0 Å². The summed E-state index contributed by atoms with van der Waals surface area (Å²) in [6.45, 7) is 4.40. The van der Waals surface area contributed by atoms with E-state index < -0.39 is 0 Å². The van der Waals surface area contributed by atoms with Crippen molar-refractivity contribution in [1.82, 2.24) is 4.98 Å². The van der Waals surface area contributed by atoms with Crippen molar-refractivity contribution in [2.75, 3.05) is 0 Å².